The van der Waals surface area contributed by atoms with E-state index in [0.717, 1.165) is 17.6 Å². The van der Waals surface area contributed by atoms with Gasteiger partial charge in [0.2, 0.25) is 0 Å². The lowest BCUT2D eigenvalue weighted by molar-refractivity contribution is -0.133. The SMILES string of the molecule is COc1cc(OC)c(/C=C/C2=CC(=O)[C@H]3C[C@@H]2C3(C)C)c(OC)c1. The van der Waals surface area contributed by atoms with Crippen molar-refractivity contribution in [3.8, 4) is 17.2 Å². The molecule has 0 aromatic heterocycles. The molecule has 24 heavy (non-hydrogen) atoms. The van der Waals surface area contributed by atoms with Crippen molar-refractivity contribution >= 4 is 11.9 Å². The number of benzene rings is 1. The Kier molecular flexibility index (Phi) is 4.16. The lowest BCUT2D eigenvalue weighted by Gasteiger charge is -2.54. The zero-order chi connectivity index (χ0) is 17.5. The molecule has 128 valence electrons. The van der Waals surface area contributed by atoms with E-state index in [1.54, 1.807) is 27.4 Å². The fourth-order valence-corrected chi connectivity index (χ4v) is 3.88. The summed E-state index contributed by atoms with van der Waals surface area (Å²) in [7, 11) is 4.85. The normalized spacial score (nSPS) is 24.4. The predicted octanol–water partition coefficient (Wildman–Crippen LogP) is 3.90. The molecule has 0 spiro atoms. The second kappa shape index (κ2) is 6.00. The molecule has 0 amide bonds. The molecule has 1 saturated carbocycles. The maximum atomic E-state index is 12.2. The van der Waals surface area contributed by atoms with Crippen molar-refractivity contribution in [3.63, 3.8) is 0 Å². The summed E-state index contributed by atoms with van der Waals surface area (Å²) in [5.74, 6) is 2.90. The van der Waals surface area contributed by atoms with Crippen LogP contribution in [0.3, 0.4) is 0 Å². The molecule has 4 nitrogen and oxygen atoms in total. The van der Waals surface area contributed by atoms with Gasteiger partial charge in [-0.25, -0.2) is 0 Å². The minimum Gasteiger partial charge on any atom is -0.496 e. The Balaban J connectivity index is 1.96. The summed E-state index contributed by atoms with van der Waals surface area (Å²) >= 11 is 0. The summed E-state index contributed by atoms with van der Waals surface area (Å²) in [6.45, 7) is 4.36. The van der Waals surface area contributed by atoms with Gasteiger partial charge < -0.3 is 14.2 Å². The van der Waals surface area contributed by atoms with Crippen molar-refractivity contribution in [2.45, 2.75) is 20.3 Å². The summed E-state index contributed by atoms with van der Waals surface area (Å²) in [5, 5.41) is 0. The monoisotopic (exact) mass is 328 g/mol. The lowest BCUT2D eigenvalue weighted by Crippen LogP contribution is -2.52. The molecule has 0 aliphatic heterocycles. The summed E-state index contributed by atoms with van der Waals surface area (Å²) < 4.78 is 16.2. The number of hydrogen-bond donors (Lipinski definition) is 0. The number of methoxy groups -OCH3 is 3. The molecule has 3 aliphatic carbocycles. The molecule has 4 rings (SSSR count). The first kappa shape index (κ1) is 16.6. The standard InChI is InChI=1S/C20H24O4/c1-20(2)15-11-16(20)17(21)8-12(15)6-7-14-18(23-4)9-13(22-3)10-19(14)24-5/h6-10,15-16H,11H2,1-5H3/b7-6+/t15-,16+/m0/s1. The minimum absolute atomic E-state index is 0.0551. The van der Waals surface area contributed by atoms with Crippen LogP contribution in [-0.4, -0.2) is 27.1 Å². The summed E-state index contributed by atoms with van der Waals surface area (Å²) in [6, 6.07) is 3.65. The van der Waals surface area contributed by atoms with Gasteiger partial charge >= 0.3 is 0 Å². The molecule has 0 N–H and O–H groups in total. The Morgan fingerprint density at radius 2 is 1.62 bits per heavy atom. The van der Waals surface area contributed by atoms with E-state index in [0.29, 0.717) is 23.2 Å². The fourth-order valence-electron chi connectivity index (χ4n) is 3.88. The van der Waals surface area contributed by atoms with E-state index in [4.69, 9.17) is 14.2 Å². The van der Waals surface area contributed by atoms with Crippen molar-refractivity contribution < 1.29 is 19.0 Å². The van der Waals surface area contributed by atoms with Crippen LogP contribution in [0.1, 0.15) is 25.8 Å². The van der Waals surface area contributed by atoms with Gasteiger partial charge in [0.15, 0.2) is 5.78 Å². The van der Waals surface area contributed by atoms with Gasteiger partial charge in [-0.1, -0.05) is 19.9 Å². The van der Waals surface area contributed by atoms with Crippen LogP contribution in [0.15, 0.2) is 29.9 Å². The molecular formula is C20H24O4. The smallest absolute Gasteiger partial charge is 0.159 e. The second-order valence-electron chi connectivity index (χ2n) is 6.99. The van der Waals surface area contributed by atoms with Gasteiger partial charge in [-0.3, -0.25) is 4.79 Å². The van der Waals surface area contributed by atoms with E-state index < -0.39 is 0 Å². The maximum Gasteiger partial charge on any atom is 0.159 e. The van der Waals surface area contributed by atoms with Crippen LogP contribution in [0.25, 0.3) is 6.08 Å². The molecule has 0 radical (unpaired) electrons. The number of allylic oxidation sites excluding steroid dienone is 3. The summed E-state index contributed by atoms with van der Waals surface area (Å²) in [6.07, 6.45) is 6.74. The van der Waals surface area contributed by atoms with Crippen molar-refractivity contribution in [1.29, 1.82) is 0 Å². The van der Waals surface area contributed by atoms with Crippen molar-refractivity contribution in [1.82, 2.24) is 0 Å². The van der Waals surface area contributed by atoms with Gasteiger partial charge in [0, 0.05) is 18.1 Å². The molecule has 2 atom stereocenters. The molecule has 1 fully saturated rings. The summed E-state index contributed by atoms with van der Waals surface area (Å²) in [5.41, 5.74) is 1.99. The van der Waals surface area contributed by atoms with Crippen molar-refractivity contribution in [2.75, 3.05) is 21.3 Å². The lowest BCUT2D eigenvalue weighted by atomic mass is 9.48. The topological polar surface area (TPSA) is 44.8 Å². The Morgan fingerprint density at radius 1 is 1.00 bits per heavy atom. The van der Waals surface area contributed by atoms with Crippen LogP contribution in [0, 0.1) is 17.3 Å². The van der Waals surface area contributed by atoms with E-state index in [1.807, 2.05) is 24.3 Å². The third-order valence-electron chi connectivity index (χ3n) is 5.52. The highest BCUT2D eigenvalue weighted by atomic mass is 16.5. The number of carbonyl (C=O) groups excluding carboxylic acids is 1. The third-order valence-corrected chi connectivity index (χ3v) is 5.52. The van der Waals surface area contributed by atoms with Crippen molar-refractivity contribution in [2.24, 2.45) is 17.3 Å². The number of ether oxygens (including phenoxy) is 3. The zero-order valence-corrected chi connectivity index (χ0v) is 14.9. The van der Waals surface area contributed by atoms with Crippen LogP contribution in [0.4, 0.5) is 0 Å². The highest BCUT2D eigenvalue weighted by Crippen LogP contribution is 2.58. The second-order valence-corrected chi connectivity index (χ2v) is 6.99. The average Bonchev–Trinajstić information content (AvgIpc) is 2.58. The number of ketones is 1. The molecular weight excluding hydrogens is 304 g/mol. The Hall–Kier alpha value is -2.23. The van der Waals surface area contributed by atoms with E-state index in [1.165, 1.54) is 0 Å². The van der Waals surface area contributed by atoms with E-state index in [-0.39, 0.29) is 17.1 Å². The molecule has 2 bridgehead atoms. The molecule has 3 aliphatic rings. The van der Waals surface area contributed by atoms with E-state index in [9.17, 15) is 4.79 Å². The van der Waals surface area contributed by atoms with Crippen LogP contribution in [0.2, 0.25) is 0 Å². The summed E-state index contributed by atoms with van der Waals surface area (Å²) in [4.78, 5) is 12.2. The first-order valence-corrected chi connectivity index (χ1v) is 8.16. The van der Waals surface area contributed by atoms with Gasteiger partial charge in [-0.05, 0) is 35.5 Å². The van der Waals surface area contributed by atoms with Gasteiger partial charge in [0.1, 0.15) is 17.2 Å². The fraction of sp³-hybridized carbons (Fsp3) is 0.450. The Morgan fingerprint density at radius 3 is 2.08 bits per heavy atom. The molecule has 4 heteroatoms. The molecule has 0 saturated heterocycles. The molecule has 1 aromatic rings. The van der Waals surface area contributed by atoms with Crippen LogP contribution in [0.5, 0.6) is 17.2 Å². The molecule has 1 aromatic carbocycles. The zero-order valence-electron chi connectivity index (χ0n) is 14.9. The minimum atomic E-state index is 0.0551. The van der Waals surface area contributed by atoms with Gasteiger partial charge in [-0.15, -0.1) is 0 Å². The third kappa shape index (κ3) is 2.50. The van der Waals surface area contributed by atoms with E-state index >= 15 is 0 Å². The predicted molar refractivity (Wildman–Crippen MR) is 93.6 cm³/mol. The van der Waals surface area contributed by atoms with Crippen LogP contribution < -0.4 is 14.2 Å². The van der Waals surface area contributed by atoms with Gasteiger partial charge in [0.05, 0.1) is 26.9 Å². The first-order chi connectivity index (χ1) is 11.4. The van der Waals surface area contributed by atoms with Crippen molar-refractivity contribution in [3.05, 3.63) is 35.4 Å². The van der Waals surface area contributed by atoms with Gasteiger partial charge in [-0.2, -0.15) is 0 Å². The number of rotatable bonds is 5. The first-order valence-electron chi connectivity index (χ1n) is 8.16. The Bertz CT molecular complexity index is 702. The van der Waals surface area contributed by atoms with Gasteiger partial charge in [0.25, 0.3) is 0 Å². The van der Waals surface area contributed by atoms with Crippen LogP contribution in [-0.2, 0) is 4.79 Å². The molecule has 0 unspecified atom stereocenters. The quantitative estimate of drug-likeness (QED) is 0.822. The Labute approximate surface area is 143 Å². The largest absolute Gasteiger partial charge is 0.496 e. The number of carbonyl (C=O) groups is 1. The van der Waals surface area contributed by atoms with Crippen LogP contribution >= 0.6 is 0 Å². The number of fused-ring (bicyclic) bond motifs is 1. The van der Waals surface area contributed by atoms with E-state index in [2.05, 4.69) is 13.8 Å². The maximum absolute atomic E-state index is 12.2. The number of hydrogen-bond acceptors (Lipinski definition) is 4. The highest BCUT2D eigenvalue weighted by Gasteiger charge is 2.54. The molecule has 0 heterocycles. The average molecular weight is 328 g/mol. The highest BCUT2D eigenvalue weighted by molar-refractivity contribution is 5.96.